The first-order chi connectivity index (χ1) is 12.7. The molecule has 2 atom stereocenters. The quantitative estimate of drug-likeness (QED) is 0.758. The first kappa shape index (κ1) is 21.4. The molecule has 1 saturated heterocycles. The fourth-order valence-corrected chi connectivity index (χ4v) is 4.74. The number of allylic oxidation sites excluding steroid dienone is 1. The number of carbonyl (C=O) groups is 2. The van der Waals surface area contributed by atoms with Gasteiger partial charge in [-0.3, -0.25) is 9.59 Å². The number of carbonyl (C=O) groups excluding carboxylic acids is 2. The van der Waals surface area contributed by atoms with Crippen LogP contribution >= 0.6 is 11.8 Å². The average Bonchev–Trinajstić information content (AvgIpc) is 2.57. The van der Waals surface area contributed by atoms with Crippen LogP contribution in [-0.4, -0.2) is 53.3 Å². The van der Waals surface area contributed by atoms with Crippen LogP contribution in [0.5, 0.6) is 0 Å². The van der Waals surface area contributed by atoms with E-state index in [1.165, 1.54) is 29.9 Å². The van der Waals surface area contributed by atoms with Crippen molar-refractivity contribution >= 4 is 29.1 Å². The molecule has 0 bridgehead atoms. The molecule has 148 valence electrons. The van der Waals surface area contributed by atoms with Crippen LogP contribution in [0.4, 0.5) is 5.69 Å². The van der Waals surface area contributed by atoms with E-state index in [1.54, 1.807) is 6.92 Å². The van der Waals surface area contributed by atoms with Crippen molar-refractivity contribution in [1.82, 2.24) is 4.90 Å². The molecule has 0 aliphatic carbocycles. The number of hydrogen-bond acceptors (Lipinski definition) is 5. The number of ketones is 1. The molecule has 1 heterocycles. The highest BCUT2D eigenvalue weighted by Gasteiger charge is 2.31. The van der Waals surface area contributed by atoms with E-state index in [1.807, 2.05) is 4.90 Å². The van der Waals surface area contributed by atoms with Crippen LogP contribution in [0.3, 0.4) is 0 Å². The van der Waals surface area contributed by atoms with Gasteiger partial charge in [-0.1, -0.05) is 12.1 Å². The number of Topliss-reactive ketones (excluding diaryl/α,β-unsaturated/α-hetero) is 1. The number of anilines is 1. The summed E-state index contributed by atoms with van der Waals surface area (Å²) in [6, 6.07) is 9.02. The number of hydrogen-bond donors (Lipinski definition) is 1. The summed E-state index contributed by atoms with van der Waals surface area (Å²) in [5.41, 5.74) is 9.36. The van der Waals surface area contributed by atoms with Crippen LogP contribution in [0.2, 0.25) is 0 Å². The van der Waals surface area contributed by atoms with E-state index >= 15 is 0 Å². The molecule has 27 heavy (non-hydrogen) atoms. The van der Waals surface area contributed by atoms with E-state index in [9.17, 15) is 9.59 Å². The molecule has 0 unspecified atom stereocenters. The maximum Gasteiger partial charge on any atom is 0.232 e. The van der Waals surface area contributed by atoms with E-state index in [0.29, 0.717) is 35.9 Å². The van der Waals surface area contributed by atoms with Crippen LogP contribution in [-0.2, 0) is 9.59 Å². The predicted octanol–water partition coefficient (Wildman–Crippen LogP) is 2.98. The number of nitrogens with two attached hydrogens (primary N) is 1. The lowest BCUT2D eigenvalue weighted by Crippen LogP contribution is -2.58. The summed E-state index contributed by atoms with van der Waals surface area (Å²) in [5.74, 6) is 0.954. The fraction of sp³-hybridized carbons (Fsp3) is 0.524. The molecular weight excluding hydrogens is 358 g/mol. The summed E-state index contributed by atoms with van der Waals surface area (Å²) in [5, 5.41) is 0. The maximum atomic E-state index is 12.7. The van der Waals surface area contributed by atoms with Gasteiger partial charge in [0.1, 0.15) is 0 Å². The van der Waals surface area contributed by atoms with Crippen LogP contribution in [0.15, 0.2) is 35.5 Å². The van der Waals surface area contributed by atoms with Gasteiger partial charge in [0.05, 0.1) is 5.75 Å². The minimum absolute atomic E-state index is 0.0241. The monoisotopic (exact) mass is 389 g/mol. The van der Waals surface area contributed by atoms with Crippen LogP contribution in [0, 0.1) is 6.92 Å². The second-order valence-electron chi connectivity index (χ2n) is 7.45. The number of piperazine rings is 1. The number of aryl methyl sites for hydroxylation is 1. The third-order valence-electron chi connectivity index (χ3n) is 4.94. The van der Waals surface area contributed by atoms with Crippen LogP contribution in [0.1, 0.15) is 33.3 Å². The van der Waals surface area contributed by atoms with Gasteiger partial charge in [-0.2, -0.15) is 0 Å². The molecule has 1 fully saturated rings. The topological polar surface area (TPSA) is 66.6 Å². The summed E-state index contributed by atoms with van der Waals surface area (Å²) in [7, 11) is 0. The highest BCUT2D eigenvalue weighted by molar-refractivity contribution is 8.00. The molecule has 1 aromatic rings. The van der Waals surface area contributed by atoms with Gasteiger partial charge in [0, 0.05) is 47.9 Å². The van der Waals surface area contributed by atoms with Crippen molar-refractivity contribution in [3.63, 3.8) is 0 Å². The largest absolute Gasteiger partial charge is 0.402 e. The van der Waals surface area contributed by atoms with Crippen molar-refractivity contribution in [3.8, 4) is 0 Å². The van der Waals surface area contributed by atoms with Gasteiger partial charge in [0.15, 0.2) is 5.78 Å². The van der Waals surface area contributed by atoms with Crippen molar-refractivity contribution in [3.05, 3.63) is 41.1 Å². The highest BCUT2D eigenvalue weighted by atomic mass is 32.2. The Kier molecular flexibility index (Phi) is 7.36. The molecular formula is C21H31N3O2S. The molecule has 2 rings (SSSR count). The number of thioether (sulfide) groups is 1. The molecule has 1 amide bonds. The second-order valence-corrected chi connectivity index (χ2v) is 8.44. The Morgan fingerprint density at radius 3 is 2.30 bits per heavy atom. The van der Waals surface area contributed by atoms with E-state index in [4.69, 9.17) is 5.73 Å². The van der Waals surface area contributed by atoms with E-state index in [2.05, 4.69) is 49.9 Å². The molecule has 1 aromatic carbocycles. The summed E-state index contributed by atoms with van der Waals surface area (Å²) in [4.78, 5) is 28.6. The highest BCUT2D eigenvalue weighted by Crippen LogP contribution is 2.26. The van der Waals surface area contributed by atoms with Crippen LogP contribution < -0.4 is 10.6 Å². The summed E-state index contributed by atoms with van der Waals surface area (Å²) in [6.45, 7) is 11.1. The van der Waals surface area contributed by atoms with Gasteiger partial charge >= 0.3 is 0 Å². The van der Waals surface area contributed by atoms with Gasteiger partial charge < -0.3 is 15.5 Å². The van der Waals surface area contributed by atoms with E-state index in [-0.39, 0.29) is 23.8 Å². The zero-order valence-electron chi connectivity index (χ0n) is 17.0. The maximum absolute atomic E-state index is 12.7. The minimum Gasteiger partial charge on any atom is -0.402 e. The van der Waals surface area contributed by atoms with Crippen molar-refractivity contribution in [1.29, 1.82) is 0 Å². The first-order valence-corrected chi connectivity index (χ1v) is 10.5. The smallest absolute Gasteiger partial charge is 0.232 e. The SMILES string of the molecule is CC(=O)C(CSCC(=O)N1C[C@@H](C)N(c2cccc(C)c2)[C@@H](C)C1)=C(C)N. The molecule has 2 N–H and O–H groups in total. The molecule has 1 aliphatic heterocycles. The third-order valence-corrected chi connectivity index (χ3v) is 5.89. The zero-order valence-corrected chi connectivity index (χ0v) is 17.8. The molecule has 0 saturated carbocycles. The van der Waals surface area contributed by atoms with E-state index in [0.717, 1.165) is 0 Å². The number of nitrogens with zero attached hydrogens (tertiary/aromatic N) is 2. The standard InChI is InChI=1S/C21H31N3O2S/c1-14-7-6-8-19(9-14)24-15(2)10-23(11-16(24)3)21(26)13-27-12-20(17(4)22)18(5)25/h6-9,15-16H,10-13,22H2,1-5H3/t15-,16+. The van der Waals surface area contributed by atoms with Crippen molar-refractivity contribution < 1.29 is 9.59 Å². The van der Waals surface area contributed by atoms with Gasteiger partial charge in [0.2, 0.25) is 5.91 Å². The van der Waals surface area contributed by atoms with Crippen LogP contribution in [0.25, 0.3) is 0 Å². The Hall–Kier alpha value is -1.95. The molecule has 1 aliphatic rings. The Morgan fingerprint density at radius 2 is 1.78 bits per heavy atom. The molecule has 0 spiro atoms. The summed E-state index contributed by atoms with van der Waals surface area (Å²) < 4.78 is 0. The Labute approximate surface area is 167 Å². The first-order valence-electron chi connectivity index (χ1n) is 9.37. The molecule has 0 radical (unpaired) electrons. The molecule has 0 aromatic heterocycles. The molecule has 6 heteroatoms. The van der Waals surface area contributed by atoms with Gasteiger partial charge in [0.25, 0.3) is 0 Å². The lowest BCUT2D eigenvalue weighted by atomic mass is 10.1. The Morgan fingerprint density at radius 1 is 1.15 bits per heavy atom. The lowest BCUT2D eigenvalue weighted by Gasteiger charge is -2.46. The number of amides is 1. The van der Waals surface area contributed by atoms with Crippen molar-refractivity contribution in [2.75, 3.05) is 29.5 Å². The third kappa shape index (κ3) is 5.51. The van der Waals surface area contributed by atoms with Gasteiger partial charge in [-0.25, -0.2) is 0 Å². The predicted molar refractivity (Wildman–Crippen MR) is 114 cm³/mol. The van der Waals surface area contributed by atoms with Gasteiger partial charge in [-0.05, 0) is 52.3 Å². The normalized spacial score (nSPS) is 21.1. The summed E-state index contributed by atoms with van der Waals surface area (Å²) >= 11 is 1.46. The van der Waals surface area contributed by atoms with Crippen molar-refractivity contribution in [2.24, 2.45) is 5.73 Å². The lowest BCUT2D eigenvalue weighted by molar-refractivity contribution is -0.129. The fourth-order valence-electron chi connectivity index (χ4n) is 3.65. The Bertz CT molecular complexity index is 716. The number of benzene rings is 1. The number of rotatable bonds is 6. The van der Waals surface area contributed by atoms with Gasteiger partial charge in [-0.15, -0.1) is 11.8 Å². The Balaban J connectivity index is 1.95. The van der Waals surface area contributed by atoms with E-state index < -0.39 is 0 Å². The second kappa shape index (κ2) is 9.31. The average molecular weight is 390 g/mol. The van der Waals surface area contributed by atoms with Crippen molar-refractivity contribution in [2.45, 2.75) is 46.7 Å². The molecule has 5 nitrogen and oxygen atoms in total. The minimum atomic E-state index is -0.0241. The zero-order chi connectivity index (χ0) is 20.1. The summed E-state index contributed by atoms with van der Waals surface area (Å²) in [6.07, 6.45) is 0.